The van der Waals surface area contributed by atoms with Crippen LogP contribution in [0.1, 0.15) is 23.3 Å². The van der Waals surface area contributed by atoms with E-state index in [1.54, 1.807) is 0 Å². The van der Waals surface area contributed by atoms with Crippen molar-refractivity contribution in [2.45, 2.75) is 24.6 Å². The van der Waals surface area contributed by atoms with Crippen LogP contribution in [0.4, 0.5) is 0 Å². The summed E-state index contributed by atoms with van der Waals surface area (Å²) in [5.74, 6) is 1.09. The van der Waals surface area contributed by atoms with Crippen molar-refractivity contribution in [1.82, 2.24) is 0 Å². The first-order chi connectivity index (χ1) is 9.31. The fraction of sp³-hybridized carbons (Fsp3) is 0.294. The van der Waals surface area contributed by atoms with Crippen molar-refractivity contribution in [3.05, 3.63) is 71.8 Å². The van der Waals surface area contributed by atoms with Gasteiger partial charge in [-0.2, -0.15) is 11.8 Å². The molecule has 0 aromatic heterocycles. The van der Waals surface area contributed by atoms with E-state index in [1.807, 2.05) is 17.8 Å². The summed E-state index contributed by atoms with van der Waals surface area (Å²) in [5, 5.41) is 0.367. The van der Waals surface area contributed by atoms with Crippen LogP contribution in [0.2, 0.25) is 0 Å². The van der Waals surface area contributed by atoms with Gasteiger partial charge in [-0.1, -0.05) is 67.6 Å². The summed E-state index contributed by atoms with van der Waals surface area (Å²) in [7, 11) is 0. The van der Waals surface area contributed by atoms with Gasteiger partial charge in [-0.05, 0) is 23.3 Å². The first-order valence-corrected chi connectivity index (χ1v) is 7.82. The van der Waals surface area contributed by atoms with Gasteiger partial charge in [-0.15, -0.1) is 0 Å². The van der Waals surface area contributed by atoms with Crippen molar-refractivity contribution >= 4 is 11.8 Å². The molecule has 100 valence electrons. The van der Waals surface area contributed by atoms with Crippen molar-refractivity contribution in [3.63, 3.8) is 0 Å². The lowest BCUT2D eigenvalue weighted by atomic mass is 9.99. The summed E-state index contributed by atoms with van der Waals surface area (Å²) in [5.41, 5.74) is 9.09. The monoisotopic (exact) mass is 271 g/mol. The van der Waals surface area contributed by atoms with Gasteiger partial charge >= 0.3 is 0 Å². The zero-order valence-corrected chi connectivity index (χ0v) is 12.1. The highest BCUT2D eigenvalue weighted by molar-refractivity contribution is 7.99. The Bertz CT molecular complexity index is 469. The van der Waals surface area contributed by atoms with Gasteiger partial charge < -0.3 is 5.73 Å². The van der Waals surface area contributed by atoms with E-state index in [4.69, 9.17) is 5.73 Å². The van der Waals surface area contributed by atoms with E-state index in [2.05, 4.69) is 61.5 Å². The van der Waals surface area contributed by atoms with Crippen molar-refractivity contribution in [2.75, 3.05) is 5.75 Å². The van der Waals surface area contributed by atoms with Crippen LogP contribution in [0, 0.1) is 0 Å². The lowest BCUT2D eigenvalue weighted by molar-refractivity contribution is 0.652. The van der Waals surface area contributed by atoms with Gasteiger partial charge in [0.05, 0.1) is 0 Å². The van der Waals surface area contributed by atoms with E-state index < -0.39 is 0 Å². The number of nitrogens with two attached hydrogens (primary N) is 1. The molecule has 0 heterocycles. The van der Waals surface area contributed by atoms with Crippen LogP contribution in [-0.4, -0.2) is 11.8 Å². The third-order valence-corrected chi connectivity index (χ3v) is 4.49. The first-order valence-electron chi connectivity index (χ1n) is 6.77. The van der Waals surface area contributed by atoms with Crippen LogP contribution in [0.15, 0.2) is 60.7 Å². The molecule has 0 saturated carbocycles. The SMILES string of the molecule is CCSC(c1ccccc1)C(N)Cc1ccccc1. The number of hydrogen-bond donors (Lipinski definition) is 1. The summed E-state index contributed by atoms with van der Waals surface area (Å²) in [6.45, 7) is 2.19. The van der Waals surface area contributed by atoms with Gasteiger partial charge in [-0.25, -0.2) is 0 Å². The zero-order valence-electron chi connectivity index (χ0n) is 11.3. The van der Waals surface area contributed by atoms with E-state index >= 15 is 0 Å². The third kappa shape index (κ3) is 4.12. The Labute approximate surface area is 120 Å². The Morgan fingerprint density at radius 1 is 0.947 bits per heavy atom. The second-order valence-corrected chi connectivity index (χ2v) is 6.06. The van der Waals surface area contributed by atoms with E-state index in [0.717, 1.165) is 12.2 Å². The maximum Gasteiger partial charge on any atom is 0.0451 e. The molecular formula is C17H21NS. The molecule has 0 aliphatic rings. The van der Waals surface area contributed by atoms with Gasteiger partial charge in [0, 0.05) is 11.3 Å². The largest absolute Gasteiger partial charge is 0.326 e. The molecule has 0 amide bonds. The van der Waals surface area contributed by atoms with Crippen molar-refractivity contribution in [1.29, 1.82) is 0 Å². The highest BCUT2D eigenvalue weighted by atomic mass is 32.2. The second kappa shape index (κ2) is 7.37. The van der Waals surface area contributed by atoms with Crippen LogP contribution in [0.5, 0.6) is 0 Å². The smallest absolute Gasteiger partial charge is 0.0451 e. The van der Waals surface area contributed by atoms with Gasteiger partial charge in [0.1, 0.15) is 0 Å². The third-order valence-electron chi connectivity index (χ3n) is 3.18. The van der Waals surface area contributed by atoms with E-state index in [1.165, 1.54) is 11.1 Å². The summed E-state index contributed by atoms with van der Waals surface area (Å²) >= 11 is 1.93. The molecule has 0 bridgehead atoms. The van der Waals surface area contributed by atoms with Crippen LogP contribution in [0.3, 0.4) is 0 Å². The standard InChI is InChI=1S/C17H21NS/c1-2-19-17(15-11-7-4-8-12-15)16(18)13-14-9-5-3-6-10-14/h3-12,16-17H,2,13,18H2,1H3. The fourth-order valence-corrected chi connectivity index (χ4v) is 3.33. The average Bonchev–Trinajstić information content (AvgIpc) is 2.46. The molecule has 0 fully saturated rings. The Balaban J connectivity index is 2.11. The number of thioether (sulfide) groups is 1. The fourth-order valence-electron chi connectivity index (χ4n) is 2.28. The highest BCUT2D eigenvalue weighted by Crippen LogP contribution is 2.32. The van der Waals surface area contributed by atoms with Crippen LogP contribution in [-0.2, 0) is 6.42 Å². The van der Waals surface area contributed by atoms with Gasteiger partial charge in [0.25, 0.3) is 0 Å². The lowest BCUT2D eigenvalue weighted by Crippen LogP contribution is -2.29. The maximum absolute atomic E-state index is 6.45. The molecule has 0 spiro atoms. The van der Waals surface area contributed by atoms with E-state index in [9.17, 15) is 0 Å². The summed E-state index contributed by atoms with van der Waals surface area (Å²) in [6.07, 6.45) is 0.924. The zero-order chi connectivity index (χ0) is 13.5. The molecule has 0 aliphatic heterocycles. The average molecular weight is 271 g/mol. The molecule has 2 rings (SSSR count). The van der Waals surface area contributed by atoms with Gasteiger partial charge in [0.15, 0.2) is 0 Å². The second-order valence-electron chi connectivity index (χ2n) is 4.64. The molecule has 0 radical (unpaired) electrons. The molecule has 2 unspecified atom stereocenters. The van der Waals surface area contributed by atoms with Crippen LogP contribution >= 0.6 is 11.8 Å². The van der Waals surface area contributed by atoms with Gasteiger partial charge in [-0.3, -0.25) is 0 Å². The summed E-state index contributed by atoms with van der Waals surface area (Å²) in [6, 6.07) is 21.2. The molecular weight excluding hydrogens is 250 g/mol. The molecule has 2 aromatic rings. The van der Waals surface area contributed by atoms with Crippen molar-refractivity contribution in [2.24, 2.45) is 5.73 Å². The van der Waals surface area contributed by atoms with Crippen LogP contribution < -0.4 is 5.73 Å². The minimum Gasteiger partial charge on any atom is -0.326 e. The summed E-state index contributed by atoms with van der Waals surface area (Å²) in [4.78, 5) is 0. The molecule has 1 nitrogen and oxygen atoms in total. The Kier molecular flexibility index (Phi) is 5.49. The maximum atomic E-state index is 6.45. The molecule has 0 saturated heterocycles. The van der Waals surface area contributed by atoms with Crippen molar-refractivity contribution < 1.29 is 0 Å². The van der Waals surface area contributed by atoms with E-state index in [0.29, 0.717) is 5.25 Å². The predicted octanol–water partition coefficient (Wildman–Crippen LogP) is 4.05. The Morgan fingerprint density at radius 2 is 1.53 bits per heavy atom. The minimum absolute atomic E-state index is 0.148. The molecule has 2 heteroatoms. The first kappa shape index (κ1) is 14.2. The predicted molar refractivity (Wildman–Crippen MR) is 85.4 cm³/mol. The number of benzene rings is 2. The molecule has 2 aromatic carbocycles. The molecule has 2 N–H and O–H groups in total. The van der Waals surface area contributed by atoms with Crippen LogP contribution in [0.25, 0.3) is 0 Å². The molecule has 0 aliphatic carbocycles. The Morgan fingerprint density at radius 3 is 2.11 bits per heavy atom. The number of rotatable bonds is 6. The van der Waals surface area contributed by atoms with Crippen molar-refractivity contribution in [3.8, 4) is 0 Å². The normalized spacial score (nSPS) is 14.0. The topological polar surface area (TPSA) is 26.0 Å². The number of hydrogen-bond acceptors (Lipinski definition) is 2. The molecule has 19 heavy (non-hydrogen) atoms. The minimum atomic E-state index is 0.148. The Hall–Kier alpha value is -1.25. The summed E-state index contributed by atoms with van der Waals surface area (Å²) < 4.78 is 0. The van der Waals surface area contributed by atoms with E-state index in [-0.39, 0.29) is 6.04 Å². The molecule has 2 atom stereocenters. The quantitative estimate of drug-likeness (QED) is 0.857. The highest BCUT2D eigenvalue weighted by Gasteiger charge is 2.19. The van der Waals surface area contributed by atoms with Gasteiger partial charge in [0.2, 0.25) is 0 Å². The lowest BCUT2D eigenvalue weighted by Gasteiger charge is -2.23.